The Morgan fingerprint density at radius 2 is 1.75 bits per heavy atom. The molecule has 0 amide bonds. The summed E-state index contributed by atoms with van der Waals surface area (Å²) < 4.78 is 0. The molecule has 0 radical (unpaired) electrons. The summed E-state index contributed by atoms with van der Waals surface area (Å²) in [5.74, 6) is 1.01. The van der Waals surface area contributed by atoms with Crippen LogP contribution in [0.2, 0.25) is 0 Å². The van der Waals surface area contributed by atoms with Crippen LogP contribution in [0, 0.1) is 23.2 Å². The summed E-state index contributed by atoms with van der Waals surface area (Å²) in [5, 5.41) is 14.1. The average Bonchev–Trinajstić information content (AvgIpc) is 3.01. The van der Waals surface area contributed by atoms with Crippen molar-refractivity contribution in [1.82, 2.24) is 5.32 Å². The molecule has 6 unspecified atom stereocenters. The van der Waals surface area contributed by atoms with Gasteiger partial charge in [-0.3, -0.25) is 4.90 Å². The molecule has 3 nitrogen and oxygen atoms in total. The zero-order valence-corrected chi connectivity index (χ0v) is 23.1. The van der Waals surface area contributed by atoms with Crippen molar-refractivity contribution in [2.75, 3.05) is 0 Å². The lowest BCUT2D eigenvalue weighted by molar-refractivity contribution is -0.969. The molecule has 1 fully saturated rings. The van der Waals surface area contributed by atoms with Gasteiger partial charge in [-0.2, -0.15) is 5.26 Å². The van der Waals surface area contributed by atoms with Crippen molar-refractivity contribution >= 4 is 0 Å². The first-order chi connectivity index (χ1) is 19.8. The van der Waals surface area contributed by atoms with E-state index in [4.69, 9.17) is 0 Å². The number of hydrogen-bond acceptors (Lipinski definition) is 2. The van der Waals surface area contributed by atoms with Crippen LogP contribution >= 0.6 is 0 Å². The number of allylic oxidation sites excluding steroid dienone is 9. The quantitative estimate of drug-likeness (QED) is 0.447. The van der Waals surface area contributed by atoms with Gasteiger partial charge in [0.15, 0.2) is 12.3 Å². The Morgan fingerprint density at radius 3 is 2.50 bits per heavy atom. The van der Waals surface area contributed by atoms with E-state index in [0.29, 0.717) is 18.2 Å². The molecule has 40 heavy (non-hydrogen) atoms. The van der Waals surface area contributed by atoms with Crippen LogP contribution in [0.15, 0.2) is 126 Å². The SMILES string of the molecule is N#CC1=CC(c2ccc(-c3ccccc3)cc2)CC2=CC(C3NC(C4C=CC=CC4)[NH+]3C3=CCCCC3)=CCC12. The number of nitrogens with one attached hydrogen (secondary N) is 2. The molecule has 4 aliphatic carbocycles. The van der Waals surface area contributed by atoms with Gasteiger partial charge >= 0.3 is 0 Å². The molecule has 0 saturated carbocycles. The van der Waals surface area contributed by atoms with Crippen molar-refractivity contribution in [3.8, 4) is 17.2 Å². The molecular weight excluding hydrogens is 486 g/mol. The van der Waals surface area contributed by atoms with E-state index >= 15 is 0 Å². The lowest BCUT2D eigenvalue weighted by atomic mass is 9.72. The number of nitrogens with zero attached hydrogens (tertiary/aromatic N) is 1. The lowest BCUT2D eigenvalue weighted by Gasteiger charge is -2.50. The van der Waals surface area contributed by atoms with E-state index in [1.165, 1.54) is 53.5 Å². The first-order valence-electron chi connectivity index (χ1n) is 15.1. The minimum absolute atomic E-state index is 0.230. The van der Waals surface area contributed by atoms with Gasteiger partial charge in [0.1, 0.15) is 5.70 Å². The van der Waals surface area contributed by atoms with Crippen LogP contribution in [0.3, 0.4) is 0 Å². The zero-order chi connectivity index (χ0) is 26.9. The van der Waals surface area contributed by atoms with E-state index in [-0.39, 0.29) is 11.8 Å². The van der Waals surface area contributed by atoms with Gasteiger partial charge in [0.2, 0.25) is 0 Å². The number of nitriles is 1. The Kier molecular flexibility index (Phi) is 6.98. The molecule has 5 aliphatic rings. The minimum atomic E-state index is 0.230. The van der Waals surface area contributed by atoms with Gasteiger partial charge in [0, 0.05) is 35.3 Å². The van der Waals surface area contributed by atoms with Gasteiger partial charge in [-0.1, -0.05) is 103 Å². The molecular formula is C37H38N3+. The van der Waals surface area contributed by atoms with Crippen LogP contribution in [0.4, 0.5) is 0 Å². The topological polar surface area (TPSA) is 40.3 Å². The molecule has 1 aliphatic heterocycles. The van der Waals surface area contributed by atoms with Crippen LogP contribution in [0.25, 0.3) is 11.1 Å². The average molecular weight is 525 g/mol. The van der Waals surface area contributed by atoms with Crippen molar-refractivity contribution in [2.45, 2.75) is 63.2 Å². The second-order valence-electron chi connectivity index (χ2n) is 12.0. The summed E-state index contributed by atoms with van der Waals surface area (Å²) in [6, 6.07) is 22.1. The second-order valence-corrected chi connectivity index (χ2v) is 12.0. The van der Waals surface area contributed by atoms with E-state index in [1.807, 2.05) is 0 Å². The number of fused-ring (bicyclic) bond motifs is 1. The van der Waals surface area contributed by atoms with E-state index in [1.54, 1.807) is 10.6 Å². The number of hydrogen-bond donors (Lipinski definition) is 2. The highest BCUT2D eigenvalue weighted by molar-refractivity contribution is 5.63. The number of rotatable bonds is 5. The molecule has 1 saturated heterocycles. The van der Waals surface area contributed by atoms with Gasteiger partial charge in [-0.15, -0.1) is 0 Å². The molecule has 0 spiro atoms. The molecule has 2 aromatic rings. The summed E-state index contributed by atoms with van der Waals surface area (Å²) in [4.78, 5) is 1.63. The van der Waals surface area contributed by atoms with E-state index in [2.05, 4.69) is 115 Å². The number of quaternary nitrogens is 1. The molecule has 6 atom stereocenters. The van der Waals surface area contributed by atoms with Gasteiger partial charge in [0.25, 0.3) is 0 Å². The maximum Gasteiger partial charge on any atom is 0.177 e. The van der Waals surface area contributed by atoms with Crippen molar-refractivity contribution in [3.63, 3.8) is 0 Å². The van der Waals surface area contributed by atoms with Gasteiger partial charge in [-0.25, -0.2) is 5.32 Å². The fraction of sp³-hybridized carbons (Fsp3) is 0.324. The maximum absolute atomic E-state index is 10.1. The Balaban J connectivity index is 1.14. The first kappa shape index (κ1) is 25.3. The van der Waals surface area contributed by atoms with Crippen LogP contribution in [-0.2, 0) is 0 Å². The monoisotopic (exact) mass is 524 g/mol. The predicted octanol–water partition coefficient (Wildman–Crippen LogP) is 6.89. The lowest BCUT2D eigenvalue weighted by Crippen LogP contribution is -3.30. The van der Waals surface area contributed by atoms with Crippen LogP contribution < -0.4 is 10.2 Å². The Hall–Kier alpha value is -3.71. The fourth-order valence-corrected chi connectivity index (χ4v) is 7.44. The Labute approximate surface area is 238 Å². The summed E-state index contributed by atoms with van der Waals surface area (Å²) in [6.07, 6.45) is 27.5. The molecule has 1 heterocycles. The summed E-state index contributed by atoms with van der Waals surface area (Å²) >= 11 is 0. The standard InChI is InChI=1S/C37H37N3/c38-25-33-24-31(28-18-16-27(17-19-28)26-10-4-1-5-11-26)23-32-22-30(20-21-35(32)33)37-39-36(29-12-6-2-7-13-29)40(37)34-14-8-3-9-15-34/h1-2,4-7,10-12,14,16-20,22,24,29,31,35-37,39H,3,8-9,13,15,21,23H2/p+1. The van der Waals surface area contributed by atoms with Crippen molar-refractivity contribution in [1.29, 1.82) is 5.26 Å². The van der Waals surface area contributed by atoms with E-state index in [9.17, 15) is 5.26 Å². The highest BCUT2D eigenvalue weighted by Gasteiger charge is 2.50. The van der Waals surface area contributed by atoms with E-state index < -0.39 is 0 Å². The van der Waals surface area contributed by atoms with Crippen molar-refractivity contribution in [3.05, 3.63) is 131 Å². The molecule has 3 heteroatoms. The molecule has 7 rings (SSSR count). The van der Waals surface area contributed by atoms with E-state index in [0.717, 1.165) is 24.8 Å². The smallest absolute Gasteiger partial charge is 0.177 e. The summed E-state index contributed by atoms with van der Waals surface area (Å²) in [7, 11) is 0. The van der Waals surface area contributed by atoms with Gasteiger partial charge < -0.3 is 0 Å². The Bertz CT molecular complexity index is 1480. The molecule has 2 N–H and O–H groups in total. The largest absolute Gasteiger partial charge is 0.272 e. The minimum Gasteiger partial charge on any atom is -0.272 e. The predicted molar refractivity (Wildman–Crippen MR) is 162 cm³/mol. The van der Waals surface area contributed by atoms with Crippen LogP contribution in [0.5, 0.6) is 0 Å². The fourth-order valence-electron chi connectivity index (χ4n) is 7.44. The third-order valence-electron chi connectivity index (χ3n) is 9.61. The van der Waals surface area contributed by atoms with Crippen LogP contribution in [0.1, 0.15) is 56.4 Å². The zero-order valence-electron chi connectivity index (χ0n) is 23.1. The normalized spacial score (nSPS) is 31.1. The summed E-state index contributed by atoms with van der Waals surface area (Å²) in [5.41, 5.74) is 9.14. The highest BCUT2D eigenvalue weighted by Crippen LogP contribution is 2.43. The van der Waals surface area contributed by atoms with Gasteiger partial charge in [-0.05, 0) is 61.3 Å². The van der Waals surface area contributed by atoms with Crippen molar-refractivity contribution < 1.29 is 4.90 Å². The maximum atomic E-state index is 10.1. The van der Waals surface area contributed by atoms with Crippen LogP contribution in [-0.4, -0.2) is 12.3 Å². The molecule has 0 aromatic heterocycles. The first-order valence-corrected chi connectivity index (χ1v) is 15.1. The third-order valence-corrected chi connectivity index (χ3v) is 9.61. The Morgan fingerprint density at radius 1 is 0.900 bits per heavy atom. The second kappa shape index (κ2) is 11.0. The van der Waals surface area contributed by atoms with Crippen molar-refractivity contribution in [2.24, 2.45) is 11.8 Å². The number of benzene rings is 2. The third kappa shape index (κ3) is 4.77. The van der Waals surface area contributed by atoms with Gasteiger partial charge in [0.05, 0.1) is 6.07 Å². The molecule has 2 aromatic carbocycles. The highest BCUT2D eigenvalue weighted by atomic mass is 15.5. The summed E-state index contributed by atoms with van der Waals surface area (Å²) in [6.45, 7) is 0. The molecule has 0 bridgehead atoms. The molecule has 200 valence electrons.